The van der Waals surface area contributed by atoms with Gasteiger partial charge in [0.05, 0.1) is 11.3 Å². The molecule has 5 nitrogen and oxygen atoms in total. The van der Waals surface area contributed by atoms with Crippen LogP contribution in [0.15, 0.2) is 88.9 Å². The Bertz CT molecular complexity index is 1510. The summed E-state index contributed by atoms with van der Waals surface area (Å²) in [6.07, 6.45) is 0. The molecule has 1 amide bonds. The number of nitrogens with one attached hydrogen (secondary N) is 1. The van der Waals surface area contributed by atoms with Crippen LogP contribution >= 0.6 is 46.5 Å². The van der Waals surface area contributed by atoms with Crippen LogP contribution in [0.5, 0.6) is 0 Å². The van der Waals surface area contributed by atoms with Crippen molar-refractivity contribution in [3.63, 3.8) is 0 Å². The smallest absolute Gasteiger partial charge is 0.288 e. The van der Waals surface area contributed by atoms with E-state index in [0.717, 1.165) is 21.3 Å². The predicted octanol–water partition coefficient (Wildman–Crippen LogP) is 7.85. The average molecular weight is 559 g/mol. The van der Waals surface area contributed by atoms with E-state index in [1.807, 2.05) is 59.2 Å². The van der Waals surface area contributed by atoms with Gasteiger partial charge in [-0.15, -0.1) is 21.5 Å². The zero-order valence-electron chi connectivity index (χ0n) is 18.4. The Morgan fingerprint density at radius 3 is 2.47 bits per heavy atom. The number of halogens is 3. The van der Waals surface area contributed by atoms with E-state index in [1.165, 1.54) is 23.1 Å². The SMILES string of the molecule is O=C(CSc1nnc(-c2c(Cl)sc3ccccc23)n1-c1ccccc1)Nc1ccc(SC(F)F)cc1. The Morgan fingerprint density at radius 1 is 1.00 bits per heavy atom. The molecule has 11 heteroatoms. The summed E-state index contributed by atoms with van der Waals surface area (Å²) in [7, 11) is 0. The number of alkyl halides is 2. The van der Waals surface area contributed by atoms with Gasteiger partial charge >= 0.3 is 0 Å². The molecule has 0 fully saturated rings. The number of amides is 1. The number of nitrogens with zero attached hydrogens (tertiary/aromatic N) is 3. The number of carbonyl (C=O) groups excluding carboxylic acids is 1. The number of thiophene rings is 1. The minimum Gasteiger partial charge on any atom is -0.325 e. The van der Waals surface area contributed by atoms with Crippen molar-refractivity contribution in [3.05, 3.63) is 83.2 Å². The van der Waals surface area contributed by atoms with Crippen molar-refractivity contribution in [2.75, 3.05) is 11.1 Å². The maximum atomic E-state index is 12.6. The van der Waals surface area contributed by atoms with Gasteiger partial charge in [0, 0.05) is 26.4 Å². The van der Waals surface area contributed by atoms with Crippen molar-refractivity contribution in [1.29, 1.82) is 0 Å². The number of hydrogen-bond acceptors (Lipinski definition) is 6. The first-order valence-corrected chi connectivity index (χ1v) is 13.7. The summed E-state index contributed by atoms with van der Waals surface area (Å²) < 4.78 is 28.6. The summed E-state index contributed by atoms with van der Waals surface area (Å²) in [5, 5.41) is 13.2. The lowest BCUT2D eigenvalue weighted by Gasteiger charge is -2.11. The second kappa shape index (κ2) is 11.0. The predicted molar refractivity (Wildman–Crippen MR) is 145 cm³/mol. The van der Waals surface area contributed by atoms with E-state index in [9.17, 15) is 13.6 Å². The van der Waals surface area contributed by atoms with Gasteiger partial charge in [-0.25, -0.2) is 0 Å². The molecule has 0 saturated heterocycles. The van der Waals surface area contributed by atoms with Crippen LogP contribution in [-0.4, -0.2) is 32.2 Å². The standard InChI is InChI=1S/C25H17ClF2N4OS3/c26-22-21(18-8-4-5-9-19(18)36-22)23-30-31-25(32(23)16-6-2-1-3-7-16)34-14-20(33)29-15-10-12-17(13-11-15)35-24(27)28/h1-13,24H,14H2,(H,29,33). The molecule has 5 rings (SSSR count). The van der Waals surface area contributed by atoms with E-state index in [-0.39, 0.29) is 11.7 Å². The fourth-order valence-corrected chi connectivity index (χ4v) is 6.22. The lowest BCUT2D eigenvalue weighted by molar-refractivity contribution is -0.113. The van der Waals surface area contributed by atoms with Gasteiger partial charge < -0.3 is 5.32 Å². The fraction of sp³-hybridized carbons (Fsp3) is 0.0800. The Balaban J connectivity index is 1.40. The van der Waals surface area contributed by atoms with Crippen LogP contribution in [0.4, 0.5) is 14.5 Å². The normalized spacial score (nSPS) is 11.3. The van der Waals surface area contributed by atoms with Gasteiger partial charge in [-0.05, 0) is 42.5 Å². The monoisotopic (exact) mass is 558 g/mol. The van der Waals surface area contributed by atoms with E-state index < -0.39 is 5.76 Å². The molecule has 3 aromatic carbocycles. The molecule has 0 saturated carbocycles. The van der Waals surface area contributed by atoms with Crippen LogP contribution in [0.2, 0.25) is 4.34 Å². The minimum atomic E-state index is -2.49. The quantitative estimate of drug-likeness (QED) is 0.196. The highest BCUT2D eigenvalue weighted by molar-refractivity contribution is 8.00. The first-order chi connectivity index (χ1) is 17.5. The summed E-state index contributed by atoms with van der Waals surface area (Å²) in [4.78, 5) is 13.1. The number of carbonyl (C=O) groups is 1. The van der Waals surface area contributed by atoms with Gasteiger partial charge in [0.15, 0.2) is 11.0 Å². The molecule has 0 unspecified atom stereocenters. The van der Waals surface area contributed by atoms with E-state index in [4.69, 9.17) is 11.6 Å². The number of para-hydroxylation sites is 1. The summed E-state index contributed by atoms with van der Waals surface area (Å²) >= 11 is 9.83. The maximum Gasteiger partial charge on any atom is 0.288 e. The van der Waals surface area contributed by atoms with Crippen molar-refractivity contribution in [3.8, 4) is 17.1 Å². The largest absolute Gasteiger partial charge is 0.325 e. The van der Waals surface area contributed by atoms with Gasteiger partial charge in [0.25, 0.3) is 5.76 Å². The topological polar surface area (TPSA) is 59.8 Å². The molecule has 5 aromatic rings. The average Bonchev–Trinajstić information content (AvgIpc) is 3.43. The van der Waals surface area contributed by atoms with Gasteiger partial charge in [-0.3, -0.25) is 9.36 Å². The molecule has 0 bridgehead atoms. The number of rotatable bonds is 8. The molecule has 0 aliphatic rings. The molecule has 36 heavy (non-hydrogen) atoms. The highest BCUT2D eigenvalue weighted by Gasteiger charge is 2.22. The molecular weight excluding hydrogens is 542 g/mol. The van der Waals surface area contributed by atoms with E-state index in [0.29, 0.717) is 37.7 Å². The van der Waals surface area contributed by atoms with Crippen LogP contribution in [0.3, 0.4) is 0 Å². The van der Waals surface area contributed by atoms with Crippen molar-refractivity contribution in [2.24, 2.45) is 0 Å². The Hall–Kier alpha value is -2.92. The summed E-state index contributed by atoms with van der Waals surface area (Å²) in [5.41, 5.74) is 2.17. The summed E-state index contributed by atoms with van der Waals surface area (Å²) in [6, 6.07) is 23.9. The highest BCUT2D eigenvalue weighted by atomic mass is 35.5. The molecular formula is C25H17ClF2N4OS3. The van der Waals surface area contributed by atoms with Crippen LogP contribution in [-0.2, 0) is 4.79 Å². The van der Waals surface area contributed by atoms with Crippen LogP contribution in [0.25, 0.3) is 27.2 Å². The number of hydrogen-bond donors (Lipinski definition) is 1. The van der Waals surface area contributed by atoms with Crippen molar-refractivity contribution in [2.45, 2.75) is 15.8 Å². The maximum absolute atomic E-state index is 12.6. The first kappa shape index (κ1) is 24.8. The molecule has 0 aliphatic carbocycles. The number of thioether (sulfide) groups is 2. The molecule has 1 N–H and O–H groups in total. The number of benzene rings is 3. The Morgan fingerprint density at radius 2 is 1.72 bits per heavy atom. The number of fused-ring (bicyclic) bond motifs is 1. The number of anilines is 1. The van der Waals surface area contributed by atoms with Crippen molar-refractivity contribution in [1.82, 2.24) is 14.8 Å². The summed E-state index contributed by atoms with van der Waals surface area (Å²) in [6.45, 7) is 0. The third kappa shape index (κ3) is 5.41. The van der Waals surface area contributed by atoms with E-state index in [1.54, 1.807) is 24.3 Å². The zero-order chi connectivity index (χ0) is 25.1. The van der Waals surface area contributed by atoms with Gasteiger partial charge in [-0.1, -0.05) is 71.5 Å². The van der Waals surface area contributed by atoms with Crippen LogP contribution in [0.1, 0.15) is 0 Å². The molecule has 0 atom stereocenters. The number of aromatic nitrogens is 3. The molecule has 0 radical (unpaired) electrons. The van der Waals surface area contributed by atoms with Crippen molar-refractivity contribution >= 4 is 68.1 Å². The lowest BCUT2D eigenvalue weighted by Crippen LogP contribution is -2.14. The van der Waals surface area contributed by atoms with E-state index in [2.05, 4.69) is 15.5 Å². The molecule has 0 aliphatic heterocycles. The summed E-state index contributed by atoms with van der Waals surface area (Å²) in [5.74, 6) is -2.07. The van der Waals surface area contributed by atoms with E-state index >= 15 is 0 Å². The Labute approximate surface area is 222 Å². The first-order valence-electron chi connectivity index (χ1n) is 10.7. The molecule has 2 aromatic heterocycles. The second-order valence-corrected chi connectivity index (χ2v) is 11.1. The third-order valence-electron chi connectivity index (χ3n) is 5.12. The van der Waals surface area contributed by atoms with Gasteiger partial charge in [-0.2, -0.15) is 8.78 Å². The van der Waals surface area contributed by atoms with Crippen LogP contribution < -0.4 is 5.32 Å². The van der Waals surface area contributed by atoms with Crippen LogP contribution in [0, 0.1) is 0 Å². The molecule has 182 valence electrons. The minimum absolute atomic E-state index is 0.0800. The van der Waals surface area contributed by atoms with Gasteiger partial charge in [0.2, 0.25) is 5.91 Å². The van der Waals surface area contributed by atoms with Gasteiger partial charge in [0.1, 0.15) is 4.34 Å². The third-order valence-corrected chi connectivity index (χ3v) is 8.15. The van der Waals surface area contributed by atoms with Crippen molar-refractivity contribution < 1.29 is 13.6 Å². The zero-order valence-corrected chi connectivity index (χ0v) is 21.6. The Kier molecular flexibility index (Phi) is 7.56. The lowest BCUT2D eigenvalue weighted by atomic mass is 10.1. The fourth-order valence-electron chi connectivity index (χ4n) is 3.61. The second-order valence-electron chi connectivity index (χ2n) is 7.46. The molecule has 0 spiro atoms. The molecule has 2 heterocycles. The highest BCUT2D eigenvalue weighted by Crippen LogP contribution is 2.42.